The monoisotopic (exact) mass is 227 g/mol. The number of rotatable bonds is 3. The lowest BCUT2D eigenvalue weighted by Crippen LogP contribution is -2.45. The van der Waals surface area contributed by atoms with Gasteiger partial charge in [0.1, 0.15) is 5.01 Å². The van der Waals surface area contributed by atoms with Crippen LogP contribution in [0.5, 0.6) is 0 Å². The van der Waals surface area contributed by atoms with Gasteiger partial charge in [-0.05, 0) is 13.8 Å². The minimum atomic E-state index is 0.822. The van der Waals surface area contributed by atoms with Gasteiger partial charge in [0.2, 0.25) is 0 Å². The van der Waals surface area contributed by atoms with Gasteiger partial charge in [0.25, 0.3) is 0 Å². The number of hydrogen-bond acceptors (Lipinski definition) is 5. The fraction of sp³-hybridized carbons (Fsp3) is 0.700. The van der Waals surface area contributed by atoms with Crippen molar-refractivity contribution < 1.29 is 4.74 Å². The van der Waals surface area contributed by atoms with Crippen LogP contribution in [-0.4, -0.2) is 36.3 Å². The first-order chi connectivity index (χ1) is 7.25. The molecule has 0 atom stereocenters. The normalized spacial score (nSPS) is 18.3. The van der Waals surface area contributed by atoms with Crippen LogP contribution in [0.15, 0.2) is 0 Å². The highest BCUT2D eigenvalue weighted by molar-refractivity contribution is 7.11. The number of hydrazine groups is 1. The van der Waals surface area contributed by atoms with Gasteiger partial charge in [-0.3, -0.25) is 0 Å². The fourth-order valence-corrected chi connectivity index (χ4v) is 2.38. The standard InChI is InChI=1S/C10H17N3OS/c1-8-9(2)15-10(12-8)7-11-13-3-5-14-6-4-13/h11H,3-7H2,1-2H3. The molecule has 0 bridgehead atoms. The zero-order valence-corrected chi connectivity index (χ0v) is 10.1. The highest BCUT2D eigenvalue weighted by Gasteiger charge is 2.10. The Hall–Kier alpha value is -0.490. The molecule has 0 aromatic carbocycles. The average Bonchev–Trinajstić information content (AvgIpc) is 2.57. The first-order valence-corrected chi connectivity index (χ1v) is 6.06. The van der Waals surface area contributed by atoms with Gasteiger partial charge in [-0.25, -0.2) is 15.4 Å². The van der Waals surface area contributed by atoms with E-state index in [1.807, 2.05) is 0 Å². The van der Waals surface area contributed by atoms with Crippen molar-refractivity contribution in [2.24, 2.45) is 0 Å². The molecule has 15 heavy (non-hydrogen) atoms. The molecule has 1 saturated heterocycles. The highest BCUT2D eigenvalue weighted by atomic mass is 32.1. The van der Waals surface area contributed by atoms with E-state index in [4.69, 9.17) is 4.74 Å². The Morgan fingerprint density at radius 1 is 1.40 bits per heavy atom. The SMILES string of the molecule is Cc1nc(CNN2CCOCC2)sc1C. The maximum Gasteiger partial charge on any atom is 0.108 e. The molecule has 1 aliphatic heterocycles. The topological polar surface area (TPSA) is 37.4 Å². The quantitative estimate of drug-likeness (QED) is 0.839. The van der Waals surface area contributed by atoms with Gasteiger partial charge in [0.15, 0.2) is 0 Å². The highest BCUT2D eigenvalue weighted by Crippen LogP contribution is 2.16. The van der Waals surface area contributed by atoms with Gasteiger partial charge < -0.3 is 4.74 Å². The molecule has 0 radical (unpaired) electrons. The molecule has 1 fully saturated rings. The molecule has 1 aliphatic rings. The summed E-state index contributed by atoms with van der Waals surface area (Å²) < 4.78 is 5.28. The van der Waals surface area contributed by atoms with Crippen molar-refractivity contribution in [3.05, 3.63) is 15.6 Å². The van der Waals surface area contributed by atoms with Crippen molar-refractivity contribution in [2.45, 2.75) is 20.4 Å². The maximum absolute atomic E-state index is 5.28. The Balaban J connectivity index is 1.81. The molecule has 2 rings (SSSR count). The van der Waals surface area contributed by atoms with E-state index in [1.165, 1.54) is 4.88 Å². The Bertz CT molecular complexity index is 301. The summed E-state index contributed by atoms with van der Waals surface area (Å²) in [6.45, 7) is 8.58. The first kappa shape index (κ1) is 11.0. The molecule has 84 valence electrons. The summed E-state index contributed by atoms with van der Waals surface area (Å²) in [6.07, 6.45) is 0. The second-order valence-corrected chi connectivity index (χ2v) is 4.97. The largest absolute Gasteiger partial charge is 0.379 e. The molecule has 2 heterocycles. The molecule has 1 aromatic rings. The van der Waals surface area contributed by atoms with E-state index in [0.717, 1.165) is 43.5 Å². The summed E-state index contributed by atoms with van der Waals surface area (Å²) in [4.78, 5) is 5.81. The molecule has 1 N–H and O–H groups in total. The van der Waals surface area contributed by atoms with E-state index in [0.29, 0.717) is 0 Å². The third kappa shape index (κ3) is 2.98. The molecular formula is C10H17N3OS. The predicted octanol–water partition coefficient (Wildman–Crippen LogP) is 1.10. The molecule has 1 aromatic heterocycles. The van der Waals surface area contributed by atoms with Gasteiger partial charge in [-0.1, -0.05) is 0 Å². The molecule has 0 saturated carbocycles. The molecule has 0 unspecified atom stereocenters. The second kappa shape index (κ2) is 5.03. The van der Waals surface area contributed by atoms with Crippen LogP contribution in [0.3, 0.4) is 0 Å². The summed E-state index contributed by atoms with van der Waals surface area (Å²) >= 11 is 1.77. The van der Waals surface area contributed by atoms with Crippen LogP contribution in [0.4, 0.5) is 0 Å². The summed E-state index contributed by atoms with van der Waals surface area (Å²) in [5, 5.41) is 3.37. The Morgan fingerprint density at radius 2 is 2.13 bits per heavy atom. The fourth-order valence-electron chi connectivity index (χ4n) is 1.52. The average molecular weight is 227 g/mol. The number of nitrogens with one attached hydrogen (secondary N) is 1. The Kier molecular flexibility index (Phi) is 3.69. The van der Waals surface area contributed by atoms with Crippen molar-refractivity contribution in [2.75, 3.05) is 26.3 Å². The molecule has 5 heteroatoms. The number of aromatic nitrogens is 1. The van der Waals surface area contributed by atoms with E-state index in [9.17, 15) is 0 Å². The molecular weight excluding hydrogens is 210 g/mol. The minimum Gasteiger partial charge on any atom is -0.379 e. The third-order valence-corrected chi connectivity index (χ3v) is 3.61. The minimum absolute atomic E-state index is 0.822. The zero-order chi connectivity index (χ0) is 10.7. The van der Waals surface area contributed by atoms with Crippen LogP contribution >= 0.6 is 11.3 Å². The lowest BCUT2D eigenvalue weighted by atomic mass is 10.4. The first-order valence-electron chi connectivity index (χ1n) is 5.25. The van der Waals surface area contributed by atoms with Crippen LogP contribution in [-0.2, 0) is 11.3 Å². The van der Waals surface area contributed by atoms with Gasteiger partial charge in [-0.2, -0.15) is 0 Å². The summed E-state index contributed by atoms with van der Waals surface area (Å²) in [7, 11) is 0. The number of ether oxygens (including phenoxy) is 1. The van der Waals surface area contributed by atoms with Crippen LogP contribution in [0, 0.1) is 13.8 Å². The summed E-state index contributed by atoms with van der Waals surface area (Å²) in [5.74, 6) is 0. The molecule has 4 nitrogen and oxygen atoms in total. The van der Waals surface area contributed by atoms with Crippen molar-refractivity contribution in [3.63, 3.8) is 0 Å². The van der Waals surface area contributed by atoms with Crippen LogP contribution in [0.2, 0.25) is 0 Å². The lowest BCUT2D eigenvalue weighted by Gasteiger charge is -2.26. The number of nitrogens with zero attached hydrogens (tertiary/aromatic N) is 2. The Morgan fingerprint density at radius 3 is 2.73 bits per heavy atom. The number of thiazole rings is 1. The van der Waals surface area contributed by atoms with E-state index in [2.05, 4.69) is 29.3 Å². The second-order valence-electron chi connectivity index (χ2n) is 3.68. The molecule has 0 spiro atoms. The van der Waals surface area contributed by atoms with Gasteiger partial charge in [0.05, 0.1) is 25.5 Å². The van der Waals surface area contributed by atoms with E-state index in [1.54, 1.807) is 11.3 Å². The van der Waals surface area contributed by atoms with Crippen molar-refractivity contribution in [3.8, 4) is 0 Å². The van der Waals surface area contributed by atoms with Crippen molar-refractivity contribution >= 4 is 11.3 Å². The van der Waals surface area contributed by atoms with E-state index in [-0.39, 0.29) is 0 Å². The van der Waals surface area contributed by atoms with Gasteiger partial charge in [0, 0.05) is 18.0 Å². The summed E-state index contributed by atoms with van der Waals surface area (Å²) in [6, 6.07) is 0. The summed E-state index contributed by atoms with van der Waals surface area (Å²) in [5.41, 5.74) is 4.53. The predicted molar refractivity (Wildman–Crippen MR) is 60.8 cm³/mol. The third-order valence-electron chi connectivity index (χ3n) is 2.54. The number of hydrogen-bond donors (Lipinski definition) is 1. The van der Waals surface area contributed by atoms with Crippen LogP contribution in [0.25, 0.3) is 0 Å². The van der Waals surface area contributed by atoms with E-state index >= 15 is 0 Å². The molecule has 0 aliphatic carbocycles. The van der Waals surface area contributed by atoms with Crippen LogP contribution < -0.4 is 5.43 Å². The van der Waals surface area contributed by atoms with Crippen molar-refractivity contribution in [1.82, 2.24) is 15.4 Å². The van der Waals surface area contributed by atoms with Gasteiger partial charge >= 0.3 is 0 Å². The lowest BCUT2D eigenvalue weighted by molar-refractivity contribution is 0.0105. The number of aryl methyl sites for hydroxylation is 2. The zero-order valence-electron chi connectivity index (χ0n) is 9.25. The Labute approximate surface area is 94.2 Å². The maximum atomic E-state index is 5.28. The van der Waals surface area contributed by atoms with Gasteiger partial charge in [-0.15, -0.1) is 11.3 Å². The van der Waals surface area contributed by atoms with E-state index < -0.39 is 0 Å². The van der Waals surface area contributed by atoms with Crippen molar-refractivity contribution in [1.29, 1.82) is 0 Å². The number of morpholine rings is 1. The molecule has 0 amide bonds. The smallest absolute Gasteiger partial charge is 0.108 e. The van der Waals surface area contributed by atoms with Crippen LogP contribution in [0.1, 0.15) is 15.6 Å².